The fraction of sp³-hybridized carbons (Fsp3) is 0.0741. The predicted octanol–water partition coefficient (Wildman–Crippen LogP) is 4.51. The molecule has 0 saturated carbocycles. The molecule has 4 rings (SSSR count). The summed E-state index contributed by atoms with van der Waals surface area (Å²) >= 11 is 0. The molecule has 8 heteroatoms. The van der Waals surface area contributed by atoms with Crippen LogP contribution in [-0.2, 0) is 11.3 Å². The highest BCUT2D eigenvalue weighted by molar-refractivity contribution is 6.02. The molecule has 1 heterocycles. The normalized spacial score (nSPS) is 10.3. The van der Waals surface area contributed by atoms with E-state index in [-0.39, 0.29) is 30.0 Å². The molecule has 0 aliphatic rings. The highest BCUT2D eigenvalue weighted by Gasteiger charge is 2.10. The quantitative estimate of drug-likeness (QED) is 0.289. The summed E-state index contributed by atoms with van der Waals surface area (Å²) in [5.41, 5.74) is 3.34. The summed E-state index contributed by atoms with van der Waals surface area (Å²) in [7, 11) is 0. The number of anilines is 3. The van der Waals surface area contributed by atoms with E-state index >= 15 is 0 Å². The first kappa shape index (κ1) is 23.3. The van der Waals surface area contributed by atoms with Crippen molar-refractivity contribution in [3.63, 3.8) is 0 Å². The van der Waals surface area contributed by atoms with E-state index < -0.39 is 0 Å². The van der Waals surface area contributed by atoms with Gasteiger partial charge in [0, 0.05) is 29.2 Å². The maximum atomic E-state index is 12.3. The van der Waals surface area contributed by atoms with Crippen LogP contribution in [0.1, 0.15) is 26.5 Å². The maximum Gasteiger partial charge on any atom is 0.291 e. The first-order valence-corrected chi connectivity index (χ1v) is 11.0. The summed E-state index contributed by atoms with van der Waals surface area (Å²) in [6.07, 6.45) is 1.43. The molecular weight excluding hydrogens is 444 g/mol. The van der Waals surface area contributed by atoms with E-state index in [0.29, 0.717) is 29.2 Å². The fourth-order valence-electron chi connectivity index (χ4n) is 3.28. The zero-order valence-electron chi connectivity index (χ0n) is 18.8. The summed E-state index contributed by atoms with van der Waals surface area (Å²) in [6, 6.07) is 26.6. The average Bonchev–Trinajstić information content (AvgIpc) is 3.43. The Bertz CT molecular complexity index is 1290. The molecule has 0 radical (unpaired) electrons. The molecule has 3 aromatic carbocycles. The second kappa shape index (κ2) is 11.3. The van der Waals surface area contributed by atoms with Crippen molar-refractivity contribution in [3.05, 3.63) is 114 Å². The standard InChI is InChI=1S/C27H24N4O4/c32-25(18-28-22-8-4-9-23(16-22)31-27(34)24-10-5-15-35-24)30-21-13-11-20(12-14-21)26(33)29-17-19-6-2-1-3-7-19/h1-16,28H,17-18H2,(H,29,33)(H,30,32)(H,31,34). The zero-order valence-corrected chi connectivity index (χ0v) is 18.8. The lowest BCUT2D eigenvalue weighted by molar-refractivity contribution is -0.114. The lowest BCUT2D eigenvalue weighted by Gasteiger charge is -2.10. The molecule has 0 saturated heterocycles. The number of furan rings is 1. The highest BCUT2D eigenvalue weighted by Crippen LogP contribution is 2.16. The highest BCUT2D eigenvalue weighted by atomic mass is 16.3. The maximum absolute atomic E-state index is 12.3. The lowest BCUT2D eigenvalue weighted by Crippen LogP contribution is -2.23. The third-order valence-electron chi connectivity index (χ3n) is 5.05. The lowest BCUT2D eigenvalue weighted by atomic mass is 10.1. The van der Waals surface area contributed by atoms with Gasteiger partial charge in [0.1, 0.15) is 0 Å². The molecule has 0 aliphatic heterocycles. The number of hydrogen-bond donors (Lipinski definition) is 4. The average molecular weight is 469 g/mol. The van der Waals surface area contributed by atoms with E-state index in [2.05, 4.69) is 21.3 Å². The summed E-state index contributed by atoms with van der Waals surface area (Å²) in [5, 5.41) is 11.4. The van der Waals surface area contributed by atoms with Crippen LogP contribution in [0.2, 0.25) is 0 Å². The van der Waals surface area contributed by atoms with Gasteiger partial charge in [0.15, 0.2) is 5.76 Å². The SMILES string of the molecule is O=C(CNc1cccc(NC(=O)c2ccco2)c1)Nc1ccc(C(=O)NCc2ccccc2)cc1. The van der Waals surface area contributed by atoms with Gasteiger partial charge in [-0.25, -0.2) is 0 Å². The van der Waals surface area contributed by atoms with Gasteiger partial charge in [-0.3, -0.25) is 14.4 Å². The monoisotopic (exact) mass is 468 g/mol. The summed E-state index contributed by atoms with van der Waals surface area (Å²) < 4.78 is 5.08. The van der Waals surface area contributed by atoms with Crippen LogP contribution in [-0.4, -0.2) is 24.3 Å². The van der Waals surface area contributed by atoms with E-state index in [9.17, 15) is 14.4 Å². The molecule has 1 aromatic heterocycles. The number of benzene rings is 3. The molecule has 4 aromatic rings. The Morgan fingerprint density at radius 2 is 1.46 bits per heavy atom. The van der Waals surface area contributed by atoms with Gasteiger partial charge in [0.05, 0.1) is 12.8 Å². The Kier molecular flexibility index (Phi) is 7.55. The van der Waals surface area contributed by atoms with Crippen LogP contribution in [0, 0.1) is 0 Å². The molecule has 0 atom stereocenters. The molecule has 0 fully saturated rings. The summed E-state index contributed by atoms with van der Waals surface area (Å²) in [4.78, 5) is 36.8. The van der Waals surface area contributed by atoms with E-state index in [4.69, 9.17) is 4.42 Å². The predicted molar refractivity (Wildman–Crippen MR) is 134 cm³/mol. The molecule has 3 amide bonds. The van der Waals surface area contributed by atoms with E-state index in [1.165, 1.54) is 6.26 Å². The van der Waals surface area contributed by atoms with Gasteiger partial charge in [-0.2, -0.15) is 0 Å². The Morgan fingerprint density at radius 1 is 0.686 bits per heavy atom. The number of rotatable bonds is 9. The molecular formula is C27H24N4O4. The van der Waals surface area contributed by atoms with Crippen molar-refractivity contribution in [2.75, 3.05) is 22.5 Å². The third kappa shape index (κ3) is 6.82. The first-order valence-electron chi connectivity index (χ1n) is 11.0. The number of amides is 3. The Labute approximate surface area is 202 Å². The number of nitrogens with one attached hydrogen (secondary N) is 4. The minimum absolute atomic E-state index is 0.0227. The van der Waals surface area contributed by atoms with Gasteiger partial charge >= 0.3 is 0 Å². The Balaban J connectivity index is 1.24. The van der Waals surface area contributed by atoms with Gasteiger partial charge in [-0.1, -0.05) is 36.4 Å². The van der Waals surface area contributed by atoms with Crippen LogP contribution < -0.4 is 21.3 Å². The van der Waals surface area contributed by atoms with Crippen LogP contribution in [0.5, 0.6) is 0 Å². The fourth-order valence-corrected chi connectivity index (χ4v) is 3.28. The van der Waals surface area contributed by atoms with E-state index in [1.807, 2.05) is 30.3 Å². The van der Waals surface area contributed by atoms with Crippen LogP contribution >= 0.6 is 0 Å². The molecule has 35 heavy (non-hydrogen) atoms. The second-order valence-corrected chi connectivity index (χ2v) is 7.66. The van der Waals surface area contributed by atoms with Crippen LogP contribution in [0.4, 0.5) is 17.1 Å². The Morgan fingerprint density at radius 3 is 2.20 bits per heavy atom. The van der Waals surface area contributed by atoms with Gasteiger partial charge < -0.3 is 25.7 Å². The van der Waals surface area contributed by atoms with Crippen molar-refractivity contribution in [1.82, 2.24) is 5.32 Å². The number of hydrogen-bond acceptors (Lipinski definition) is 5. The van der Waals surface area contributed by atoms with Crippen LogP contribution in [0.25, 0.3) is 0 Å². The minimum Gasteiger partial charge on any atom is -0.459 e. The first-order chi connectivity index (χ1) is 17.1. The molecule has 176 valence electrons. The summed E-state index contributed by atoms with van der Waals surface area (Å²) in [5.74, 6) is -0.590. The van der Waals surface area contributed by atoms with Crippen LogP contribution in [0.15, 0.2) is 102 Å². The largest absolute Gasteiger partial charge is 0.459 e. The molecule has 8 nitrogen and oxygen atoms in total. The topological polar surface area (TPSA) is 112 Å². The molecule has 4 N–H and O–H groups in total. The van der Waals surface area contributed by atoms with Crippen molar-refractivity contribution in [2.45, 2.75) is 6.54 Å². The van der Waals surface area contributed by atoms with Crippen molar-refractivity contribution in [3.8, 4) is 0 Å². The second-order valence-electron chi connectivity index (χ2n) is 7.66. The van der Waals surface area contributed by atoms with Crippen molar-refractivity contribution >= 4 is 34.8 Å². The Hall–Kier alpha value is -4.85. The van der Waals surface area contributed by atoms with Gasteiger partial charge in [-0.15, -0.1) is 0 Å². The van der Waals surface area contributed by atoms with Gasteiger partial charge in [0.2, 0.25) is 5.91 Å². The molecule has 0 aliphatic carbocycles. The minimum atomic E-state index is -0.359. The zero-order chi connectivity index (χ0) is 24.5. The summed E-state index contributed by atoms with van der Waals surface area (Å²) in [6.45, 7) is 0.465. The van der Waals surface area contributed by atoms with E-state index in [0.717, 1.165) is 5.56 Å². The van der Waals surface area contributed by atoms with Gasteiger partial charge in [0.25, 0.3) is 11.8 Å². The van der Waals surface area contributed by atoms with Crippen molar-refractivity contribution < 1.29 is 18.8 Å². The molecule has 0 bridgehead atoms. The smallest absolute Gasteiger partial charge is 0.291 e. The third-order valence-corrected chi connectivity index (χ3v) is 5.05. The number of carbonyl (C=O) groups is 3. The van der Waals surface area contributed by atoms with E-state index in [1.54, 1.807) is 60.7 Å². The molecule has 0 spiro atoms. The molecule has 0 unspecified atom stereocenters. The van der Waals surface area contributed by atoms with Gasteiger partial charge in [-0.05, 0) is 60.2 Å². The van der Waals surface area contributed by atoms with Crippen molar-refractivity contribution in [1.29, 1.82) is 0 Å². The van der Waals surface area contributed by atoms with Crippen LogP contribution in [0.3, 0.4) is 0 Å². The van der Waals surface area contributed by atoms with Crippen molar-refractivity contribution in [2.24, 2.45) is 0 Å². The number of carbonyl (C=O) groups excluding carboxylic acids is 3.